The summed E-state index contributed by atoms with van der Waals surface area (Å²) in [7, 11) is 1.49. The standard InChI is InChI=1S/C16H16N4O5/c1-24-14-8-17-9-15(18-14)25-13-6-7-19(10-13)16(21)11-2-4-12(5-3-11)20(22)23/h2-5,8-9,13H,6-7,10H2,1H3. The highest BCUT2D eigenvalue weighted by molar-refractivity contribution is 5.94. The van der Waals surface area contributed by atoms with Crippen molar-refractivity contribution >= 4 is 11.6 Å². The van der Waals surface area contributed by atoms with Gasteiger partial charge in [0.25, 0.3) is 11.6 Å². The number of hydrogen-bond acceptors (Lipinski definition) is 7. The van der Waals surface area contributed by atoms with Crippen molar-refractivity contribution in [3.63, 3.8) is 0 Å². The number of non-ortho nitro benzene ring substituents is 1. The number of carbonyl (C=O) groups is 1. The molecule has 0 N–H and O–H groups in total. The maximum atomic E-state index is 12.5. The molecule has 1 unspecified atom stereocenters. The average Bonchev–Trinajstić information content (AvgIpc) is 3.09. The second-order valence-corrected chi connectivity index (χ2v) is 5.48. The molecule has 1 aliphatic rings. The summed E-state index contributed by atoms with van der Waals surface area (Å²) >= 11 is 0. The van der Waals surface area contributed by atoms with E-state index in [4.69, 9.17) is 9.47 Å². The topological polar surface area (TPSA) is 108 Å². The maximum Gasteiger partial charge on any atom is 0.269 e. The van der Waals surface area contributed by atoms with Crippen molar-refractivity contribution in [2.45, 2.75) is 12.5 Å². The number of likely N-dealkylation sites (tertiary alicyclic amines) is 1. The highest BCUT2D eigenvalue weighted by Crippen LogP contribution is 2.20. The van der Waals surface area contributed by atoms with Gasteiger partial charge in [-0.25, -0.2) is 0 Å². The highest BCUT2D eigenvalue weighted by Gasteiger charge is 2.29. The summed E-state index contributed by atoms with van der Waals surface area (Å²) < 4.78 is 10.7. The van der Waals surface area contributed by atoms with Crippen molar-refractivity contribution in [1.29, 1.82) is 0 Å². The minimum Gasteiger partial charge on any atom is -0.480 e. The number of aromatic nitrogens is 2. The normalized spacial score (nSPS) is 16.5. The zero-order chi connectivity index (χ0) is 17.8. The Morgan fingerprint density at radius 3 is 2.68 bits per heavy atom. The molecule has 1 aliphatic heterocycles. The minimum atomic E-state index is -0.497. The molecule has 3 rings (SSSR count). The van der Waals surface area contributed by atoms with Gasteiger partial charge in [-0.15, -0.1) is 0 Å². The van der Waals surface area contributed by atoms with Crippen LogP contribution in [0.3, 0.4) is 0 Å². The van der Waals surface area contributed by atoms with E-state index in [1.54, 1.807) is 4.90 Å². The lowest BCUT2D eigenvalue weighted by molar-refractivity contribution is -0.384. The van der Waals surface area contributed by atoms with Crippen LogP contribution in [0.1, 0.15) is 16.8 Å². The number of amides is 1. The molecule has 1 atom stereocenters. The fraction of sp³-hybridized carbons (Fsp3) is 0.312. The molecule has 1 aromatic carbocycles. The SMILES string of the molecule is COc1cncc(OC2CCN(C(=O)c3ccc([N+](=O)[O-])cc3)C2)n1. The van der Waals surface area contributed by atoms with Crippen LogP contribution in [-0.4, -0.2) is 52.0 Å². The molecule has 9 nitrogen and oxygen atoms in total. The number of benzene rings is 1. The average molecular weight is 344 g/mol. The third-order valence-corrected chi connectivity index (χ3v) is 3.84. The van der Waals surface area contributed by atoms with E-state index in [1.165, 1.54) is 43.8 Å². The molecule has 1 fully saturated rings. The molecule has 1 amide bonds. The van der Waals surface area contributed by atoms with Crippen LogP contribution in [0.4, 0.5) is 5.69 Å². The van der Waals surface area contributed by atoms with Gasteiger partial charge in [-0.2, -0.15) is 4.98 Å². The number of nitro benzene ring substituents is 1. The van der Waals surface area contributed by atoms with E-state index in [2.05, 4.69) is 9.97 Å². The Morgan fingerprint density at radius 2 is 2.00 bits per heavy atom. The summed E-state index contributed by atoms with van der Waals surface area (Å²) in [6, 6.07) is 5.57. The molecule has 0 spiro atoms. The lowest BCUT2D eigenvalue weighted by atomic mass is 10.2. The molecule has 1 aromatic heterocycles. The quantitative estimate of drug-likeness (QED) is 0.600. The van der Waals surface area contributed by atoms with Gasteiger partial charge in [-0.1, -0.05) is 0 Å². The van der Waals surface area contributed by atoms with E-state index in [0.717, 1.165) is 0 Å². The second-order valence-electron chi connectivity index (χ2n) is 5.48. The molecule has 2 heterocycles. The van der Waals surface area contributed by atoms with Crippen molar-refractivity contribution in [2.75, 3.05) is 20.2 Å². The molecule has 0 saturated carbocycles. The zero-order valence-electron chi connectivity index (χ0n) is 13.5. The van der Waals surface area contributed by atoms with Crippen molar-refractivity contribution in [3.05, 3.63) is 52.3 Å². The van der Waals surface area contributed by atoms with Crippen LogP contribution < -0.4 is 9.47 Å². The Balaban J connectivity index is 1.61. The van der Waals surface area contributed by atoms with E-state index >= 15 is 0 Å². The third-order valence-electron chi connectivity index (χ3n) is 3.84. The number of methoxy groups -OCH3 is 1. The summed E-state index contributed by atoms with van der Waals surface area (Å²) in [5, 5.41) is 10.7. The smallest absolute Gasteiger partial charge is 0.269 e. The second kappa shape index (κ2) is 7.12. The van der Waals surface area contributed by atoms with Crippen LogP contribution >= 0.6 is 0 Å². The Hall–Kier alpha value is -3.23. The van der Waals surface area contributed by atoms with E-state index in [9.17, 15) is 14.9 Å². The number of ether oxygens (including phenoxy) is 2. The van der Waals surface area contributed by atoms with Gasteiger partial charge in [0.15, 0.2) is 0 Å². The molecule has 9 heteroatoms. The molecule has 25 heavy (non-hydrogen) atoms. The Bertz CT molecular complexity index is 780. The first kappa shape index (κ1) is 16.6. The van der Waals surface area contributed by atoms with Gasteiger partial charge in [0, 0.05) is 30.7 Å². The highest BCUT2D eigenvalue weighted by atomic mass is 16.6. The molecule has 0 radical (unpaired) electrons. The number of nitro groups is 1. The van der Waals surface area contributed by atoms with Crippen LogP contribution in [-0.2, 0) is 0 Å². The number of carbonyl (C=O) groups excluding carboxylic acids is 1. The van der Waals surface area contributed by atoms with Gasteiger partial charge in [0.05, 0.1) is 31.0 Å². The van der Waals surface area contributed by atoms with Crippen LogP contribution in [0.5, 0.6) is 11.8 Å². The van der Waals surface area contributed by atoms with Crippen molar-refractivity contribution in [3.8, 4) is 11.8 Å². The number of rotatable bonds is 5. The first-order chi connectivity index (χ1) is 12.1. The first-order valence-corrected chi connectivity index (χ1v) is 7.63. The van der Waals surface area contributed by atoms with E-state index < -0.39 is 4.92 Å². The van der Waals surface area contributed by atoms with Gasteiger partial charge >= 0.3 is 0 Å². The van der Waals surface area contributed by atoms with Gasteiger partial charge in [0.2, 0.25) is 11.8 Å². The molecular weight excluding hydrogens is 328 g/mol. The fourth-order valence-electron chi connectivity index (χ4n) is 2.57. The number of nitrogens with zero attached hydrogens (tertiary/aromatic N) is 4. The van der Waals surface area contributed by atoms with E-state index in [-0.39, 0.29) is 17.7 Å². The monoisotopic (exact) mass is 344 g/mol. The number of hydrogen-bond donors (Lipinski definition) is 0. The van der Waals surface area contributed by atoms with Crippen molar-refractivity contribution < 1.29 is 19.2 Å². The van der Waals surface area contributed by atoms with Gasteiger partial charge in [0.1, 0.15) is 6.10 Å². The van der Waals surface area contributed by atoms with Crippen molar-refractivity contribution in [2.24, 2.45) is 0 Å². The van der Waals surface area contributed by atoms with Gasteiger partial charge in [-0.05, 0) is 12.1 Å². The first-order valence-electron chi connectivity index (χ1n) is 7.63. The van der Waals surface area contributed by atoms with Crippen LogP contribution in [0.2, 0.25) is 0 Å². The summed E-state index contributed by atoms with van der Waals surface area (Å²) in [6.45, 7) is 0.951. The minimum absolute atomic E-state index is 0.0456. The van der Waals surface area contributed by atoms with Crippen LogP contribution in [0, 0.1) is 10.1 Å². The van der Waals surface area contributed by atoms with E-state index in [1.807, 2.05) is 0 Å². The molecule has 0 bridgehead atoms. The van der Waals surface area contributed by atoms with Crippen LogP contribution in [0.15, 0.2) is 36.7 Å². The third kappa shape index (κ3) is 3.82. The lowest BCUT2D eigenvalue weighted by Gasteiger charge is -2.17. The Kier molecular flexibility index (Phi) is 4.73. The lowest BCUT2D eigenvalue weighted by Crippen LogP contribution is -2.31. The fourth-order valence-corrected chi connectivity index (χ4v) is 2.57. The van der Waals surface area contributed by atoms with E-state index in [0.29, 0.717) is 36.8 Å². The molecule has 2 aromatic rings. The molecule has 130 valence electrons. The predicted octanol–water partition coefficient (Wildman–Crippen LogP) is 1.69. The maximum absolute atomic E-state index is 12.5. The molecule has 1 saturated heterocycles. The Labute approximate surface area is 143 Å². The summed E-state index contributed by atoms with van der Waals surface area (Å²) in [6.07, 6.45) is 3.44. The van der Waals surface area contributed by atoms with Gasteiger partial charge < -0.3 is 14.4 Å². The predicted molar refractivity (Wildman–Crippen MR) is 86.6 cm³/mol. The summed E-state index contributed by atoms with van der Waals surface area (Å²) in [5.41, 5.74) is 0.364. The Morgan fingerprint density at radius 1 is 1.28 bits per heavy atom. The van der Waals surface area contributed by atoms with Crippen LogP contribution in [0.25, 0.3) is 0 Å². The van der Waals surface area contributed by atoms with Crippen molar-refractivity contribution in [1.82, 2.24) is 14.9 Å². The summed E-state index contributed by atoms with van der Waals surface area (Å²) in [4.78, 5) is 32.4. The summed E-state index contributed by atoms with van der Waals surface area (Å²) in [5.74, 6) is 0.515. The largest absolute Gasteiger partial charge is 0.480 e. The van der Waals surface area contributed by atoms with Gasteiger partial charge in [-0.3, -0.25) is 19.9 Å². The molecular formula is C16H16N4O5. The molecule has 0 aliphatic carbocycles. The zero-order valence-corrected chi connectivity index (χ0v) is 13.5.